The Morgan fingerprint density at radius 2 is 2.00 bits per heavy atom. The molecule has 1 aromatic heterocycles. The van der Waals surface area contributed by atoms with Gasteiger partial charge >= 0.3 is 0 Å². The lowest BCUT2D eigenvalue weighted by Gasteiger charge is -2.31. The van der Waals surface area contributed by atoms with Gasteiger partial charge in [0, 0.05) is 30.4 Å². The van der Waals surface area contributed by atoms with E-state index in [2.05, 4.69) is 25.6 Å². The van der Waals surface area contributed by atoms with Crippen LogP contribution in [0.3, 0.4) is 0 Å². The van der Waals surface area contributed by atoms with Crippen molar-refractivity contribution in [1.29, 1.82) is 0 Å². The number of hydrogen-bond acceptors (Lipinski definition) is 8. The number of hydrogen-bond donors (Lipinski definition) is 3. The van der Waals surface area contributed by atoms with Crippen LogP contribution in [0.25, 0.3) is 10.8 Å². The molecule has 0 aliphatic carbocycles. The fourth-order valence-electron chi connectivity index (χ4n) is 3.75. The minimum absolute atomic E-state index is 0.264. The molecule has 3 aromatic rings. The van der Waals surface area contributed by atoms with E-state index in [1.165, 1.54) is 6.21 Å². The smallest absolute Gasteiger partial charge is 0.159 e. The maximum Gasteiger partial charge on any atom is 0.159 e. The molecule has 0 atom stereocenters. The van der Waals surface area contributed by atoms with Gasteiger partial charge in [-0.05, 0) is 48.2 Å². The third-order valence-corrected chi connectivity index (χ3v) is 5.73. The molecule has 3 N–H and O–H groups in total. The van der Waals surface area contributed by atoms with Crippen LogP contribution in [0.4, 0.5) is 11.6 Å². The third-order valence-electron chi connectivity index (χ3n) is 5.43. The molecule has 0 bridgehead atoms. The Hall–Kier alpha value is -3.10. The van der Waals surface area contributed by atoms with Gasteiger partial charge in [0.05, 0.1) is 24.5 Å². The van der Waals surface area contributed by atoms with Gasteiger partial charge in [0.2, 0.25) is 0 Å². The fraction of sp³-hybridized carbons (Fsp3) is 0.318. The van der Waals surface area contributed by atoms with E-state index >= 15 is 0 Å². The normalized spacial score (nSPS) is 15.0. The number of nitrogens with one attached hydrogen (secondary N) is 1. The first-order valence-corrected chi connectivity index (χ1v) is 10.4. The molecule has 31 heavy (non-hydrogen) atoms. The molecule has 1 fully saturated rings. The number of nitrogens with zero attached hydrogens (tertiary/aromatic N) is 4. The highest BCUT2D eigenvalue weighted by Crippen LogP contribution is 2.31. The Bertz CT molecular complexity index is 1100. The monoisotopic (exact) mass is 441 g/mol. The molecule has 0 saturated carbocycles. The number of oxime groups is 1. The molecule has 2 heterocycles. The minimum Gasteiger partial charge on any atom is -0.495 e. The zero-order valence-corrected chi connectivity index (χ0v) is 17.9. The van der Waals surface area contributed by atoms with Gasteiger partial charge in [0.25, 0.3) is 0 Å². The molecule has 2 aromatic carbocycles. The van der Waals surface area contributed by atoms with Crippen molar-refractivity contribution in [3.63, 3.8) is 0 Å². The van der Waals surface area contributed by atoms with Gasteiger partial charge in [-0.3, -0.25) is 0 Å². The van der Waals surface area contributed by atoms with Crippen LogP contribution in [-0.4, -0.2) is 53.0 Å². The SMILES string of the molecule is COc1ccc(CNc2nnc(N3CCC(O)CC3)c3ccc(C=NO)cc23)cc1Cl. The molecule has 0 unspecified atom stereocenters. The number of piperidine rings is 1. The summed E-state index contributed by atoms with van der Waals surface area (Å²) in [7, 11) is 1.58. The van der Waals surface area contributed by atoms with Crippen LogP contribution < -0.4 is 15.0 Å². The van der Waals surface area contributed by atoms with Crippen molar-refractivity contribution in [2.75, 3.05) is 30.4 Å². The topological polar surface area (TPSA) is 103 Å². The van der Waals surface area contributed by atoms with Crippen LogP contribution in [0.2, 0.25) is 5.02 Å². The molecular formula is C22H24ClN5O3. The van der Waals surface area contributed by atoms with Crippen LogP contribution in [0.1, 0.15) is 24.0 Å². The molecule has 1 aliphatic heterocycles. The number of anilines is 2. The number of rotatable bonds is 6. The van der Waals surface area contributed by atoms with Gasteiger partial charge in [-0.15, -0.1) is 10.2 Å². The molecule has 1 aliphatic rings. The van der Waals surface area contributed by atoms with Gasteiger partial charge in [-0.2, -0.15) is 0 Å². The summed E-state index contributed by atoms with van der Waals surface area (Å²) in [6.07, 6.45) is 2.53. The number of aliphatic hydroxyl groups is 1. The van der Waals surface area contributed by atoms with E-state index in [0.717, 1.165) is 40.8 Å². The lowest BCUT2D eigenvalue weighted by Crippen LogP contribution is -2.36. The van der Waals surface area contributed by atoms with Crippen molar-refractivity contribution in [3.8, 4) is 5.75 Å². The van der Waals surface area contributed by atoms with Gasteiger partial charge in [-0.1, -0.05) is 28.9 Å². The number of benzene rings is 2. The molecule has 1 saturated heterocycles. The van der Waals surface area contributed by atoms with E-state index in [9.17, 15) is 5.11 Å². The van der Waals surface area contributed by atoms with Gasteiger partial charge < -0.3 is 25.3 Å². The lowest BCUT2D eigenvalue weighted by molar-refractivity contribution is 0.145. The fourth-order valence-corrected chi connectivity index (χ4v) is 4.03. The number of aromatic nitrogens is 2. The largest absolute Gasteiger partial charge is 0.495 e. The first-order valence-electron chi connectivity index (χ1n) is 10.1. The number of fused-ring (bicyclic) bond motifs is 1. The zero-order valence-electron chi connectivity index (χ0n) is 17.1. The Morgan fingerprint density at radius 3 is 2.71 bits per heavy atom. The second kappa shape index (κ2) is 9.36. The van der Waals surface area contributed by atoms with Crippen LogP contribution in [0.5, 0.6) is 5.75 Å². The Kier molecular flexibility index (Phi) is 6.39. The number of ether oxygens (including phenoxy) is 1. The average Bonchev–Trinajstić information content (AvgIpc) is 2.78. The first-order chi connectivity index (χ1) is 15.1. The van der Waals surface area contributed by atoms with Crippen molar-refractivity contribution >= 4 is 40.2 Å². The Morgan fingerprint density at radius 1 is 1.19 bits per heavy atom. The van der Waals surface area contributed by atoms with Crippen LogP contribution in [-0.2, 0) is 6.54 Å². The average molecular weight is 442 g/mol. The molecule has 4 rings (SSSR count). The van der Waals surface area contributed by atoms with Gasteiger partial charge in [0.1, 0.15) is 5.75 Å². The summed E-state index contributed by atoms with van der Waals surface area (Å²) >= 11 is 6.24. The summed E-state index contributed by atoms with van der Waals surface area (Å²) in [4.78, 5) is 2.15. The van der Waals surface area contributed by atoms with Crippen molar-refractivity contribution in [2.24, 2.45) is 5.16 Å². The van der Waals surface area contributed by atoms with Crippen LogP contribution in [0, 0.1) is 0 Å². The summed E-state index contributed by atoms with van der Waals surface area (Å²) in [6, 6.07) is 11.4. The van der Waals surface area contributed by atoms with Crippen LogP contribution in [0.15, 0.2) is 41.6 Å². The van der Waals surface area contributed by atoms with E-state index < -0.39 is 0 Å². The number of methoxy groups -OCH3 is 1. The second-order valence-electron chi connectivity index (χ2n) is 7.46. The van der Waals surface area contributed by atoms with E-state index in [0.29, 0.717) is 36.0 Å². The molecule has 0 radical (unpaired) electrons. The van der Waals surface area contributed by atoms with Gasteiger partial charge in [0.15, 0.2) is 11.6 Å². The highest BCUT2D eigenvalue weighted by molar-refractivity contribution is 6.32. The quantitative estimate of drug-likeness (QED) is 0.304. The van der Waals surface area contributed by atoms with Crippen molar-refractivity contribution in [1.82, 2.24) is 10.2 Å². The van der Waals surface area contributed by atoms with Crippen molar-refractivity contribution < 1.29 is 15.1 Å². The third kappa shape index (κ3) is 4.65. The van der Waals surface area contributed by atoms with Crippen LogP contribution >= 0.6 is 11.6 Å². The summed E-state index contributed by atoms with van der Waals surface area (Å²) in [5.74, 6) is 2.03. The Labute approximate surface area is 185 Å². The standard InChI is InChI=1S/C22H24ClN5O3/c1-31-20-5-3-15(11-19(20)23)12-24-21-18-10-14(13-25-30)2-4-17(18)22(27-26-21)28-8-6-16(29)7-9-28/h2-5,10-11,13,16,29-30H,6-9,12H2,1H3,(H,24,26). The minimum atomic E-state index is -0.264. The molecular weight excluding hydrogens is 418 g/mol. The van der Waals surface area contributed by atoms with E-state index in [1.54, 1.807) is 7.11 Å². The predicted molar refractivity (Wildman–Crippen MR) is 122 cm³/mol. The summed E-state index contributed by atoms with van der Waals surface area (Å²) in [5.41, 5.74) is 1.72. The first kappa shape index (κ1) is 21.1. The molecule has 0 spiro atoms. The molecule has 9 heteroatoms. The summed E-state index contributed by atoms with van der Waals surface area (Å²) < 4.78 is 5.21. The van der Waals surface area contributed by atoms with E-state index in [-0.39, 0.29) is 6.10 Å². The lowest BCUT2D eigenvalue weighted by atomic mass is 10.1. The zero-order chi connectivity index (χ0) is 21.8. The predicted octanol–water partition coefficient (Wildman–Crippen LogP) is 3.67. The maximum absolute atomic E-state index is 9.83. The van der Waals surface area contributed by atoms with Crippen molar-refractivity contribution in [2.45, 2.75) is 25.5 Å². The summed E-state index contributed by atoms with van der Waals surface area (Å²) in [6.45, 7) is 1.95. The molecule has 8 nitrogen and oxygen atoms in total. The highest BCUT2D eigenvalue weighted by atomic mass is 35.5. The Balaban J connectivity index is 1.66. The number of halogens is 1. The molecule has 162 valence electrons. The molecule has 0 amide bonds. The van der Waals surface area contributed by atoms with E-state index in [1.807, 2.05) is 36.4 Å². The highest BCUT2D eigenvalue weighted by Gasteiger charge is 2.21. The van der Waals surface area contributed by atoms with E-state index in [4.69, 9.17) is 21.5 Å². The second-order valence-corrected chi connectivity index (χ2v) is 7.87. The summed E-state index contributed by atoms with van der Waals surface area (Å²) in [5, 5.41) is 36.5. The maximum atomic E-state index is 9.83. The van der Waals surface area contributed by atoms with Crippen molar-refractivity contribution in [3.05, 3.63) is 52.5 Å². The van der Waals surface area contributed by atoms with Gasteiger partial charge in [-0.25, -0.2) is 0 Å². The number of aliphatic hydroxyl groups excluding tert-OH is 1.